The van der Waals surface area contributed by atoms with Crippen molar-refractivity contribution in [2.45, 2.75) is 75.7 Å². The van der Waals surface area contributed by atoms with E-state index >= 15 is 0 Å². The number of ether oxygens (including phenoxy) is 3. The molecule has 0 radical (unpaired) electrons. The molecule has 0 N–H and O–H groups in total. The third-order valence-electron chi connectivity index (χ3n) is 10.6. The number of methoxy groups -OCH3 is 1. The lowest BCUT2D eigenvalue weighted by atomic mass is 9.51. The highest BCUT2D eigenvalue weighted by molar-refractivity contribution is 5.92. The molecule has 7 heteroatoms. The van der Waals surface area contributed by atoms with Crippen LogP contribution in [0.5, 0.6) is 11.5 Å². The molecule has 0 aromatic heterocycles. The van der Waals surface area contributed by atoms with Crippen molar-refractivity contribution in [3.05, 3.63) is 64.7 Å². The van der Waals surface area contributed by atoms with Gasteiger partial charge in [-0.2, -0.15) is 0 Å². The van der Waals surface area contributed by atoms with Crippen LogP contribution < -0.4 is 9.47 Å². The lowest BCUT2D eigenvalue weighted by molar-refractivity contribution is -0.142. The molecule has 41 heavy (non-hydrogen) atoms. The van der Waals surface area contributed by atoms with E-state index in [0.717, 1.165) is 62.3 Å². The Balaban J connectivity index is 1.18. The number of aryl methyl sites for hydroxylation is 1. The average molecular weight is 557 g/mol. The summed E-state index contributed by atoms with van der Waals surface area (Å²) >= 11 is 0. The fraction of sp³-hybridized carbons (Fsp3) is 0.529. The van der Waals surface area contributed by atoms with Crippen molar-refractivity contribution in [3.63, 3.8) is 0 Å². The molecule has 2 aliphatic heterocycles. The second-order valence-electron chi connectivity index (χ2n) is 12.8. The molecule has 3 fully saturated rings. The summed E-state index contributed by atoms with van der Waals surface area (Å²) in [5.74, 6) is 2.40. The van der Waals surface area contributed by atoms with E-state index in [0.29, 0.717) is 17.9 Å². The maximum Gasteiger partial charge on any atom is 0.302 e. The highest BCUT2D eigenvalue weighted by Crippen LogP contribution is 2.64. The highest BCUT2D eigenvalue weighted by atomic mass is 16.5. The monoisotopic (exact) mass is 556 g/mol. The second-order valence-corrected chi connectivity index (χ2v) is 12.8. The molecule has 1 saturated heterocycles. The number of hydrogen-bond donors (Lipinski definition) is 0. The van der Waals surface area contributed by atoms with E-state index in [-0.39, 0.29) is 35.5 Å². The van der Waals surface area contributed by atoms with Crippen LogP contribution in [-0.4, -0.2) is 73.2 Å². The Bertz CT molecular complexity index is 1420. The third-order valence-corrected chi connectivity index (χ3v) is 10.6. The summed E-state index contributed by atoms with van der Waals surface area (Å²) in [6, 6.07) is 12.9. The van der Waals surface area contributed by atoms with Gasteiger partial charge in [0.2, 0.25) is 5.91 Å². The molecule has 2 unspecified atom stereocenters. The number of carbonyl (C=O) groups excluding carboxylic acids is 2. The van der Waals surface area contributed by atoms with Crippen LogP contribution in [0.25, 0.3) is 6.08 Å². The van der Waals surface area contributed by atoms with E-state index in [4.69, 9.17) is 14.2 Å². The quantitative estimate of drug-likeness (QED) is 0.369. The number of carbonyl (C=O) groups is 2. The van der Waals surface area contributed by atoms with E-state index in [2.05, 4.69) is 36.1 Å². The van der Waals surface area contributed by atoms with Gasteiger partial charge in [-0.05, 0) is 74.8 Å². The number of hydrogen-bond acceptors (Lipinski definition) is 6. The molecule has 1 spiro atoms. The van der Waals surface area contributed by atoms with Crippen molar-refractivity contribution in [2.75, 3.05) is 27.2 Å². The van der Waals surface area contributed by atoms with Gasteiger partial charge in [0.05, 0.1) is 13.2 Å². The first-order valence-corrected chi connectivity index (χ1v) is 15.1. The highest BCUT2D eigenvalue weighted by Gasteiger charge is 2.66. The largest absolute Gasteiger partial charge is 0.493 e. The maximum atomic E-state index is 13.5. The van der Waals surface area contributed by atoms with E-state index in [1.54, 1.807) is 13.2 Å². The number of likely N-dealkylation sites (N-methyl/N-ethyl adjacent to an activating group) is 1. The van der Waals surface area contributed by atoms with Gasteiger partial charge in [-0.25, -0.2) is 0 Å². The van der Waals surface area contributed by atoms with E-state index in [9.17, 15) is 9.59 Å². The number of nitrogens with zero attached hydrogens (tertiary/aromatic N) is 2. The molecule has 2 bridgehead atoms. The number of amides is 1. The van der Waals surface area contributed by atoms with Gasteiger partial charge in [0.25, 0.3) is 0 Å². The average Bonchev–Trinajstić information content (AvgIpc) is 3.58. The molecule has 2 aromatic rings. The molecular weight excluding hydrogens is 516 g/mol. The first-order chi connectivity index (χ1) is 19.8. The van der Waals surface area contributed by atoms with E-state index in [1.165, 1.54) is 23.6 Å². The van der Waals surface area contributed by atoms with Gasteiger partial charge in [-0.3, -0.25) is 14.5 Å². The molecule has 7 nitrogen and oxygen atoms in total. The van der Waals surface area contributed by atoms with Gasteiger partial charge in [-0.15, -0.1) is 0 Å². The molecule has 7 atom stereocenters. The predicted molar refractivity (Wildman–Crippen MR) is 156 cm³/mol. The summed E-state index contributed by atoms with van der Waals surface area (Å²) in [5.41, 5.74) is 4.77. The molecule has 216 valence electrons. The van der Waals surface area contributed by atoms with Gasteiger partial charge in [0.1, 0.15) is 12.2 Å². The van der Waals surface area contributed by atoms with Crippen LogP contribution in [0.2, 0.25) is 0 Å². The first kappa shape index (κ1) is 26.6. The Morgan fingerprint density at radius 2 is 2.07 bits per heavy atom. The summed E-state index contributed by atoms with van der Waals surface area (Å²) in [7, 11) is 3.65. The number of piperidine rings is 1. The maximum absolute atomic E-state index is 13.5. The van der Waals surface area contributed by atoms with Crippen LogP contribution in [0.4, 0.5) is 0 Å². The molecular formula is C34H40N2O5. The van der Waals surface area contributed by atoms with E-state index < -0.39 is 0 Å². The van der Waals surface area contributed by atoms with Crippen molar-refractivity contribution in [1.82, 2.24) is 9.80 Å². The van der Waals surface area contributed by atoms with Crippen molar-refractivity contribution in [2.24, 2.45) is 11.8 Å². The smallest absolute Gasteiger partial charge is 0.302 e. The van der Waals surface area contributed by atoms with Crippen molar-refractivity contribution < 1.29 is 23.8 Å². The van der Waals surface area contributed by atoms with Crippen LogP contribution in [-0.2, 0) is 26.2 Å². The summed E-state index contributed by atoms with van der Waals surface area (Å²) in [6.45, 7) is 5.53. The minimum atomic E-state index is -0.181. The normalized spacial score (nSPS) is 32.7. The lowest BCUT2D eigenvalue weighted by Gasteiger charge is -2.60. The zero-order valence-corrected chi connectivity index (χ0v) is 24.5. The summed E-state index contributed by atoms with van der Waals surface area (Å²) in [4.78, 5) is 29.6. The van der Waals surface area contributed by atoms with E-state index in [1.807, 2.05) is 30.2 Å². The lowest BCUT2D eigenvalue weighted by Crippen LogP contribution is -2.69. The summed E-state index contributed by atoms with van der Waals surface area (Å²) in [6.07, 6.45) is 8.51. The van der Waals surface area contributed by atoms with Crippen LogP contribution in [0, 0.1) is 18.8 Å². The van der Waals surface area contributed by atoms with Crippen LogP contribution in [0.15, 0.2) is 42.5 Å². The minimum Gasteiger partial charge on any atom is -0.493 e. The second kappa shape index (κ2) is 9.90. The molecule has 2 heterocycles. The minimum absolute atomic E-state index is 0.00754. The number of likely N-dealkylation sites (tertiary alicyclic amines) is 1. The molecule has 5 aliphatic rings. The summed E-state index contributed by atoms with van der Waals surface area (Å²) in [5, 5.41) is 0. The van der Waals surface area contributed by atoms with Gasteiger partial charge < -0.3 is 19.1 Å². The molecule has 7 rings (SSSR count). The van der Waals surface area contributed by atoms with Gasteiger partial charge in [-0.1, -0.05) is 35.9 Å². The van der Waals surface area contributed by atoms with Gasteiger partial charge >= 0.3 is 5.97 Å². The molecule has 2 saturated carbocycles. The SMILES string of the molecule is COc1ccc2c3c1O[C@H]1[C@@H](N(C)C(=O)C=Cc4cccc(C)c4)CC[C@H]4[C@@H](C2)N(CC2CC2OC(C)=O)CC[C@@]341. The molecule has 1 amide bonds. The number of esters is 1. The number of benzene rings is 2. The Hall–Kier alpha value is -3.32. The fourth-order valence-electron chi connectivity index (χ4n) is 8.66. The standard InChI is InChI=1S/C34H40N2O5/c1-20-6-5-7-22(16-20)8-13-30(38)35(3)26-11-10-25-27-17-23-9-12-28(39-4)32-31(23)34(25,33(26)41-32)14-15-36(27)19-24-18-29(24)40-21(2)37/h5-9,12-13,16,24-27,29,33H,10-11,14-15,17-19H2,1-4H3/t24?,25-,26-,27+,29?,33-,34-/m0/s1. The fourth-order valence-corrected chi connectivity index (χ4v) is 8.66. The van der Waals surface area contributed by atoms with Crippen molar-refractivity contribution >= 4 is 18.0 Å². The molecule has 3 aliphatic carbocycles. The Morgan fingerprint density at radius 1 is 1.22 bits per heavy atom. The number of rotatable bonds is 7. The van der Waals surface area contributed by atoms with Crippen LogP contribution in [0.1, 0.15) is 54.9 Å². The van der Waals surface area contributed by atoms with Crippen LogP contribution in [0.3, 0.4) is 0 Å². The first-order valence-electron chi connectivity index (χ1n) is 15.1. The topological polar surface area (TPSA) is 68.3 Å². The van der Waals surface area contributed by atoms with Crippen LogP contribution >= 0.6 is 0 Å². The zero-order valence-electron chi connectivity index (χ0n) is 24.5. The van der Waals surface area contributed by atoms with Gasteiger partial charge in [0.15, 0.2) is 11.5 Å². The summed E-state index contributed by atoms with van der Waals surface area (Å²) < 4.78 is 18.2. The Labute approximate surface area is 242 Å². The van der Waals surface area contributed by atoms with Crippen molar-refractivity contribution in [1.29, 1.82) is 0 Å². The zero-order chi connectivity index (χ0) is 28.5. The Kier molecular flexibility index (Phi) is 6.42. The molecule has 2 aromatic carbocycles. The Morgan fingerprint density at radius 3 is 2.85 bits per heavy atom. The van der Waals surface area contributed by atoms with Crippen molar-refractivity contribution in [3.8, 4) is 11.5 Å². The third kappa shape index (κ3) is 4.27. The van der Waals surface area contributed by atoms with Gasteiger partial charge in [0, 0.05) is 49.5 Å². The predicted octanol–water partition coefficient (Wildman–Crippen LogP) is 4.53.